The van der Waals surface area contributed by atoms with E-state index in [1.54, 1.807) is 13.3 Å². The number of carboxylic acid groups (broad SMARTS) is 2. The van der Waals surface area contributed by atoms with Gasteiger partial charge >= 0.3 is 11.9 Å². The molecule has 12 nitrogen and oxygen atoms in total. The van der Waals surface area contributed by atoms with Crippen LogP contribution in [-0.2, 0) is 19.2 Å². The van der Waals surface area contributed by atoms with Crippen LogP contribution in [0.25, 0.3) is 0 Å². The normalized spacial score (nSPS) is 28.3. The highest BCUT2D eigenvalue weighted by molar-refractivity contribution is 8.03. The minimum absolute atomic E-state index is 0.00390. The van der Waals surface area contributed by atoms with Gasteiger partial charge in [0.25, 0.3) is 0 Å². The van der Waals surface area contributed by atoms with Crippen LogP contribution in [0.5, 0.6) is 0 Å². The van der Waals surface area contributed by atoms with Gasteiger partial charge in [-0.2, -0.15) is 0 Å². The fraction of sp³-hybridized carbons (Fsp3) is 0.609. The molecule has 0 aromatic heterocycles. The fourth-order valence-electron chi connectivity index (χ4n) is 5.37. The van der Waals surface area contributed by atoms with Crippen LogP contribution in [0.1, 0.15) is 26.7 Å². The summed E-state index contributed by atoms with van der Waals surface area (Å²) in [6.07, 6.45) is 0.752. The lowest BCUT2D eigenvalue weighted by Gasteiger charge is -2.44. The molecule has 0 saturated carbocycles. The summed E-state index contributed by atoms with van der Waals surface area (Å²) in [5.74, 6) is -3.03. The summed E-state index contributed by atoms with van der Waals surface area (Å²) in [5.41, 5.74) is 0.0139. The molecule has 6 atom stereocenters. The number of aliphatic hydroxyl groups excluding tert-OH is 2. The van der Waals surface area contributed by atoms with E-state index < -0.39 is 36.0 Å². The molecule has 202 valence electrons. The van der Waals surface area contributed by atoms with Crippen LogP contribution in [0.3, 0.4) is 0 Å². The molecule has 0 unspecified atom stereocenters. The van der Waals surface area contributed by atoms with Crippen molar-refractivity contribution in [1.82, 2.24) is 15.1 Å². The Morgan fingerprint density at radius 2 is 1.41 bits per heavy atom. The molecule has 0 spiro atoms. The van der Waals surface area contributed by atoms with Crippen LogP contribution in [-0.4, -0.2) is 109 Å². The van der Waals surface area contributed by atoms with Gasteiger partial charge in [-0.3, -0.25) is 14.6 Å². The Balaban J connectivity index is 1.18. The molecule has 2 saturated heterocycles. The molecule has 4 aliphatic rings. The third-order valence-corrected chi connectivity index (χ3v) is 9.20. The predicted molar refractivity (Wildman–Crippen MR) is 136 cm³/mol. The number of carbonyl (C=O) groups is 4. The zero-order valence-corrected chi connectivity index (χ0v) is 22.0. The van der Waals surface area contributed by atoms with Crippen molar-refractivity contribution in [3.05, 3.63) is 21.2 Å². The van der Waals surface area contributed by atoms with Crippen LogP contribution in [0, 0.1) is 11.8 Å². The van der Waals surface area contributed by atoms with Gasteiger partial charge in [-0.05, 0) is 13.8 Å². The van der Waals surface area contributed by atoms with Crippen molar-refractivity contribution in [3.8, 4) is 0 Å². The number of hydrogen-bond donors (Lipinski definition) is 5. The summed E-state index contributed by atoms with van der Waals surface area (Å²) in [6, 6.07) is -0.601. The van der Waals surface area contributed by atoms with E-state index in [0.29, 0.717) is 47.2 Å². The first kappa shape index (κ1) is 27.5. The monoisotopic (exact) mass is 554 g/mol. The highest BCUT2D eigenvalue weighted by Gasteiger charge is 2.57. The van der Waals surface area contributed by atoms with E-state index in [4.69, 9.17) is 0 Å². The van der Waals surface area contributed by atoms with Crippen molar-refractivity contribution in [1.29, 1.82) is 0 Å². The molecule has 5 N–H and O–H groups in total. The molecule has 0 aromatic rings. The molecule has 0 bridgehead atoms. The molecule has 4 rings (SSSR count). The highest BCUT2D eigenvalue weighted by atomic mass is 32.2. The van der Waals surface area contributed by atoms with Crippen molar-refractivity contribution in [3.63, 3.8) is 0 Å². The zero-order valence-electron chi connectivity index (χ0n) is 20.4. The predicted octanol–water partition coefficient (Wildman–Crippen LogP) is -0.114. The maximum absolute atomic E-state index is 12.2. The van der Waals surface area contributed by atoms with Gasteiger partial charge in [0.15, 0.2) is 0 Å². The number of aliphatic hydroxyl groups is 2. The Labute approximate surface area is 221 Å². The van der Waals surface area contributed by atoms with E-state index in [1.807, 2.05) is 0 Å². The molecular weight excluding hydrogens is 524 g/mol. The third-order valence-electron chi connectivity index (χ3n) is 6.98. The molecule has 0 aliphatic carbocycles. The topological polar surface area (TPSA) is 180 Å². The van der Waals surface area contributed by atoms with Gasteiger partial charge in [-0.1, -0.05) is 0 Å². The van der Waals surface area contributed by atoms with E-state index in [9.17, 15) is 39.6 Å². The summed E-state index contributed by atoms with van der Waals surface area (Å²) >= 11 is 2.71. The molecule has 37 heavy (non-hydrogen) atoms. The lowest BCUT2D eigenvalue weighted by atomic mass is 9.83. The second kappa shape index (κ2) is 11.1. The lowest BCUT2D eigenvalue weighted by molar-refractivity contribution is -0.161. The number of nitrogens with one attached hydrogen (secondary N) is 1. The third kappa shape index (κ3) is 4.99. The van der Waals surface area contributed by atoms with Gasteiger partial charge in [0.05, 0.1) is 49.0 Å². The Hall–Kier alpha value is -2.55. The summed E-state index contributed by atoms with van der Waals surface area (Å²) in [5, 5.41) is 41.7. The number of rotatable bonds is 13. The smallest absolute Gasteiger partial charge is 0.353 e. The highest BCUT2D eigenvalue weighted by Crippen LogP contribution is 2.48. The van der Waals surface area contributed by atoms with Gasteiger partial charge in [-0.25, -0.2) is 9.59 Å². The lowest BCUT2D eigenvalue weighted by Crippen LogP contribution is -2.61. The van der Waals surface area contributed by atoms with E-state index in [2.05, 4.69) is 10.3 Å². The number of carbonyl (C=O) groups excluding carboxylic acids is 2. The number of hydrogen-bond acceptors (Lipinski definition) is 9. The number of thioether (sulfide) groups is 2. The Morgan fingerprint density at radius 1 is 0.946 bits per heavy atom. The van der Waals surface area contributed by atoms with Crippen molar-refractivity contribution in [2.24, 2.45) is 16.8 Å². The van der Waals surface area contributed by atoms with E-state index in [-0.39, 0.29) is 35.3 Å². The van der Waals surface area contributed by atoms with Crippen LogP contribution in [0.15, 0.2) is 26.2 Å². The van der Waals surface area contributed by atoms with Crippen LogP contribution in [0.4, 0.5) is 0 Å². The Kier molecular flexibility index (Phi) is 8.21. The Bertz CT molecular complexity index is 1090. The Morgan fingerprint density at radius 3 is 1.84 bits per heavy atom. The standard InChI is InChI=1S/C23H30N4O8S2/c1-10(28)16-12-7-14(18(22(32)33)26(12)20(16)30)36-5-3-24-9-25-4-6-37-15-8-13-17(11(2)29)21(31)27(13)19(15)23(34)35/h9-13,16-17,28-29H,3-8H2,1-2H3,(H,24,25)(H,32,33)(H,34,35)/t10-,11-,12-,13-,16-,17-/m1/s1. The van der Waals surface area contributed by atoms with Crippen molar-refractivity contribution in [2.75, 3.05) is 24.6 Å². The van der Waals surface area contributed by atoms with E-state index >= 15 is 0 Å². The van der Waals surface area contributed by atoms with Crippen LogP contribution in [0.2, 0.25) is 0 Å². The second-order valence-electron chi connectivity index (χ2n) is 9.33. The summed E-state index contributed by atoms with van der Waals surface area (Å²) in [7, 11) is 0. The molecule has 4 heterocycles. The van der Waals surface area contributed by atoms with Crippen molar-refractivity contribution < 1.29 is 39.6 Å². The van der Waals surface area contributed by atoms with E-state index in [1.165, 1.54) is 40.2 Å². The number of nitrogens with zero attached hydrogens (tertiary/aromatic N) is 3. The second-order valence-corrected chi connectivity index (χ2v) is 11.7. The number of carboxylic acids is 2. The largest absolute Gasteiger partial charge is 0.477 e. The maximum atomic E-state index is 12.2. The van der Waals surface area contributed by atoms with Gasteiger partial charge < -0.3 is 35.5 Å². The first-order valence-electron chi connectivity index (χ1n) is 12.0. The van der Waals surface area contributed by atoms with Crippen LogP contribution < -0.4 is 5.32 Å². The number of β-lactam (4-membered cyclic amide) rings is 2. The summed E-state index contributed by atoms with van der Waals surface area (Å²) in [4.78, 5) is 55.9. The maximum Gasteiger partial charge on any atom is 0.353 e. The minimum Gasteiger partial charge on any atom is -0.477 e. The number of aliphatic carboxylic acids is 2. The van der Waals surface area contributed by atoms with Crippen LogP contribution >= 0.6 is 23.5 Å². The van der Waals surface area contributed by atoms with Crippen molar-refractivity contribution >= 4 is 53.6 Å². The quantitative estimate of drug-likeness (QED) is 0.0887. The average Bonchev–Trinajstić information content (AvgIpc) is 3.30. The molecule has 4 aliphatic heterocycles. The van der Waals surface area contributed by atoms with Crippen molar-refractivity contribution in [2.45, 2.75) is 51.0 Å². The zero-order chi connectivity index (χ0) is 27.0. The fourth-order valence-corrected chi connectivity index (χ4v) is 7.50. The first-order chi connectivity index (χ1) is 17.6. The first-order valence-corrected chi connectivity index (χ1v) is 14.0. The molecule has 2 amide bonds. The van der Waals surface area contributed by atoms with Gasteiger partial charge in [0, 0.05) is 40.7 Å². The summed E-state index contributed by atoms with van der Waals surface area (Å²) < 4.78 is 0. The number of amides is 2. The molecular formula is C23H30N4O8S2. The molecule has 0 aromatic carbocycles. The minimum atomic E-state index is -1.15. The number of aliphatic imine (C=N–C) groups is 1. The van der Waals surface area contributed by atoms with E-state index in [0.717, 1.165) is 0 Å². The number of fused-ring (bicyclic) bond motifs is 2. The molecule has 0 radical (unpaired) electrons. The van der Waals surface area contributed by atoms with Gasteiger partial charge in [0.1, 0.15) is 11.4 Å². The summed E-state index contributed by atoms with van der Waals surface area (Å²) in [6.45, 7) is 4.02. The molecule has 14 heteroatoms. The SMILES string of the molecule is C[C@@H](O)[C@H]1C(=O)N2C(C(=O)O)=C(SCCN=CNCCSC3=C(C(=O)O)N4C(=O)[C@H]([C@@H](C)O)[C@H]4C3)C[C@H]12. The average molecular weight is 555 g/mol. The molecule has 2 fully saturated rings. The van der Waals surface area contributed by atoms with Gasteiger partial charge in [0.2, 0.25) is 11.8 Å². The van der Waals surface area contributed by atoms with Gasteiger partial charge in [-0.15, -0.1) is 23.5 Å².